The van der Waals surface area contributed by atoms with Crippen LogP contribution in [0, 0.1) is 6.92 Å². The van der Waals surface area contributed by atoms with Crippen LogP contribution in [0.15, 0.2) is 18.3 Å². The van der Waals surface area contributed by atoms with Crippen molar-refractivity contribution in [2.75, 3.05) is 0 Å². The molecule has 96 valence electrons. The van der Waals surface area contributed by atoms with Crippen molar-refractivity contribution in [1.82, 2.24) is 4.57 Å². The second-order valence-electron chi connectivity index (χ2n) is 4.46. The highest BCUT2D eigenvalue weighted by atomic mass is 35.5. The number of benzene rings is 1. The van der Waals surface area contributed by atoms with E-state index in [9.17, 15) is 9.90 Å². The van der Waals surface area contributed by atoms with E-state index in [-0.39, 0.29) is 0 Å². The molecule has 2 rings (SSSR count). The molecule has 0 spiro atoms. The maximum Gasteiger partial charge on any atom is 0.337 e. The highest BCUT2D eigenvalue weighted by Crippen LogP contribution is 2.29. The molecule has 0 unspecified atom stereocenters. The summed E-state index contributed by atoms with van der Waals surface area (Å²) in [4.78, 5) is 11.3. The number of carboxylic acid groups (broad SMARTS) is 1. The van der Waals surface area contributed by atoms with E-state index in [4.69, 9.17) is 11.6 Å². The van der Waals surface area contributed by atoms with Gasteiger partial charge in [0.15, 0.2) is 0 Å². The lowest BCUT2D eigenvalue weighted by Crippen LogP contribution is -1.97. The molecule has 3 nitrogen and oxygen atoms in total. The first-order chi connectivity index (χ1) is 8.56. The molecule has 1 N–H and O–H groups in total. The third-order valence-electron chi connectivity index (χ3n) is 3.21. The Labute approximate surface area is 111 Å². The Morgan fingerprint density at radius 1 is 1.44 bits per heavy atom. The van der Waals surface area contributed by atoms with Crippen LogP contribution in [0.3, 0.4) is 0 Å². The van der Waals surface area contributed by atoms with Crippen LogP contribution < -0.4 is 0 Å². The normalized spacial score (nSPS) is 11.1. The van der Waals surface area contributed by atoms with Crippen LogP contribution >= 0.6 is 11.6 Å². The van der Waals surface area contributed by atoms with Crippen molar-refractivity contribution in [3.63, 3.8) is 0 Å². The first-order valence-electron chi connectivity index (χ1n) is 6.07. The number of carboxylic acids is 1. The first kappa shape index (κ1) is 13.0. The van der Waals surface area contributed by atoms with Gasteiger partial charge in [0.05, 0.1) is 11.1 Å². The lowest BCUT2D eigenvalue weighted by Gasteiger charge is -2.07. The molecule has 1 aromatic heterocycles. The van der Waals surface area contributed by atoms with Crippen LogP contribution in [0.2, 0.25) is 5.02 Å². The van der Waals surface area contributed by atoms with Crippen molar-refractivity contribution in [1.29, 1.82) is 0 Å². The Bertz CT molecular complexity index is 601. The first-order valence-corrected chi connectivity index (χ1v) is 6.45. The third-order valence-corrected chi connectivity index (χ3v) is 3.62. The Balaban J connectivity index is 2.69. The summed E-state index contributed by atoms with van der Waals surface area (Å²) in [5.74, 6) is -0.892. The zero-order chi connectivity index (χ0) is 13.3. The van der Waals surface area contributed by atoms with Crippen molar-refractivity contribution in [2.45, 2.75) is 33.2 Å². The van der Waals surface area contributed by atoms with Gasteiger partial charge in [-0.2, -0.15) is 0 Å². The number of hydrogen-bond donors (Lipinski definition) is 1. The molecule has 4 heteroatoms. The van der Waals surface area contributed by atoms with Crippen molar-refractivity contribution in [3.05, 3.63) is 34.5 Å². The average molecular weight is 266 g/mol. The van der Waals surface area contributed by atoms with Gasteiger partial charge in [-0.05, 0) is 25.0 Å². The predicted octanol–water partition coefficient (Wildman–Crippen LogP) is 4.10. The van der Waals surface area contributed by atoms with Crippen LogP contribution in [-0.2, 0) is 6.54 Å². The van der Waals surface area contributed by atoms with Gasteiger partial charge >= 0.3 is 5.97 Å². The number of aromatic carboxylic acids is 1. The summed E-state index contributed by atoms with van der Waals surface area (Å²) in [7, 11) is 0. The molecule has 18 heavy (non-hydrogen) atoms. The molecule has 1 aromatic carbocycles. The zero-order valence-corrected chi connectivity index (χ0v) is 11.3. The number of carbonyl (C=O) groups is 1. The van der Waals surface area contributed by atoms with E-state index < -0.39 is 5.97 Å². The smallest absolute Gasteiger partial charge is 0.337 e. The molecule has 0 aliphatic rings. The lowest BCUT2D eigenvalue weighted by molar-refractivity contribution is 0.0699. The molecule has 0 atom stereocenters. The molecule has 0 aliphatic heterocycles. The molecule has 0 aliphatic carbocycles. The van der Waals surface area contributed by atoms with Crippen molar-refractivity contribution < 1.29 is 9.90 Å². The quantitative estimate of drug-likeness (QED) is 0.904. The van der Waals surface area contributed by atoms with Gasteiger partial charge < -0.3 is 9.67 Å². The van der Waals surface area contributed by atoms with Crippen molar-refractivity contribution in [2.24, 2.45) is 0 Å². The van der Waals surface area contributed by atoms with Gasteiger partial charge in [-0.15, -0.1) is 0 Å². The Morgan fingerprint density at radius 2 is 2.17 bits per heavy atom. The Kier molecular flexibility index (Phi) is 3.62. The van der Waals surface area contributed by atoms with Crippen LogP contribution in [0.25, 0.3) is 10.9 Å². The molecule has 1 heterocycles. The highest BCUT2D eigenvalue weighted by molar-refractivity contribution is 6.32. The Morgan fingerprint density at radius 3 is 2.78 bits per heavy atom. The summed E-state index contributed by atoms with van der Waals surface area (Å²) in [6.07, 6.45) is 3.81. The maximum atomic E-state index is 11.3. The SMILES string of the molecule is CCCCn1cc(C(=O)O)c2ccc(Cl)c(C)c21. The fourth-order valence-electron chi connectivity index (χ4n) is 2.23. The van der Waals surface area contributed by atoms with Crippen molar-refractivity contribution >= 4 is 28.5 Å². The number of hydrogen-bond acceptors (Lipinski definition) is 1. The summed E-state index contributed by atoms with van der Waals surface area (Å²) in [5.41, 5.74) is 2.23. The minimum atomic E-state index is -0.892. The topological polar surface area (TPSA) is 42.2 Å². The van der Waals surface area contributed by atoms with Gasteiger partial charge in [0.25, 0.3) is 0 Å². The van der Waals surface area contributed by atoms with E-state index in [0.29, 0.717) is 10.6 Å². The number of aromatic nitrogens is 1. The van der Waals surface area contributed by atoms with Gasteiger partial charge in [-0.1, -0.05) is 31.0 Å². The van der Waals surface area contributed by atoms with Gasteiger partial charge in [-0.25, -0.2) is 4.79 Å². The number of rotatable bonds is 4. The standard InChI is InChI=1S/C14H16ClNO2/c1-3-4-7-16-8-11(14(17)18)10-5-6-12(15)9(2)13(10)16/h5-6,8H,3-4,7H2,1-2H3,(H,17,18). The van der Waals surface area contributed by atoms with E-state index in [1.807, 2.05) is 11.5 Å². The minimum absolute atomic E-state index is 0.348. The van der Waals surface area contributed by atoms with E-state index in [1.54, 1.807) is 18.3 Å². The molecule has 2 aromatic rings. The number of nitrogens with zero attached hydrogens (tertiary/aromatic N) is 1. The largest absolute Gasteiger partial charge is 0.478 e. The zero-order valence-electron chi connectivity index (χ0n) is 10.5. The van der Waals surface area contributed by atoms with E-state index >= 15 is 0 Å². The van der Waals surface area contributed by atoms with Gasteiger partial charge in [-0.3, -0.25) is 0 Å². The molecular formula is C14H16ClNO2. The van der Waals surface area contributed by atoms with Gasteiger partial charge in [0.2, 0.25) is 0 Å². The summed E-state index contributed by atoms with van der Waals surface area (Å²) in [5, 5.41) is 10.7. The van der Waals surface area contributed by atoms with E-state index in [1.165, 1.54) is 0 Å². The van der Waals surface area contributed by atoms with Gasteiger partial charge in [0, 0.05) is 23.2 Å². The van der Waals surface area contributed by atoms with Crippen LogP contribution in [0.1, 0.15) is 35.7 Å². The van der Waals surface area contributed by atoms with Crippen LogP contribution in [0.4, 0.5) is 0 Å². The summed E-state index contributed by atoms with van der Waals surface area (Å²) < 4.78 is 2.00. The van der Waals surface area contributed by atoms with Crippen molar-refractivity contribution in [3.8, 4) is 0 Å². The van der Waals surface area contributed by atoms with E-state index in [0.717, 1.165) is 35.9 Å². The number of aryl methyl sites for hydroxylation is 2. The molecule has 0 amide bonds. The monoisotopic (exact) mass is 265 g/mol. The molecule has 0 saturated heterocycles. The average Bonchev–Trinajstić information content (AvgIpc) is 2.71. The molecule has 0 fully saturated rings. The fraction of sp³-hybridized carbons (Fsp3) is 0.357. The molecular weight excluding hydrogens is 250 g/mol. The second kappa shape index (κ2) is 5.02. The summed E-state index contributed by atoms with van der Waals surface area (Å²) >= 11 is 6.12. The highest BCUT2D eigenvalue weighted by Gasteiger charge is 2.16. The maximum absolute atomic E-state index is 11.3. The second-order valence-corrected chi connectivity index (χ2v) is 4.87. The lowest BCUT2D eigenvalue weighted by atomic mass is 10.1. The van der Waals surface area contributed by atoms with Crippen LogP contribution in [-0.4, -0.2) is 15.6 Å². The predicted molar refractivity (Wildman–Crippen MR) is 73.6 cm³/mol. The number of fused-ring (bicyclic) bond motifs is 1. The third kappa shape index (κ3) is 2.10. The molecule has 0 bridgehead atoms. The Hall–Kier alpha value is -1.48. The van der Waals surface area contributed by atoms with Crippen LogP contribution in [0.5, 0.6) is 0 Å². The minimum Gasteiger partial charge on any atom is -0.478 e. The summed E-state index contributed by atoms with van der Waals surface area (Å²) in [6, 6.07) is 3.55. The fourth-order valence-corrected chi connectivity index (χ4v) is 2.38. The molecule has 0 saturated carbocycles. The number of unbranched alkanes of at least 4 members (excludes halogenated alkanes) is 1. The molecule has 0 radical (unpaired) electrons. The van der Waals surface area contributed by atoms with Gasteiger partial charge in [0.1, 0.15) is 0 Å². The van der Waals surface area contributed by atoms with E-state index in [2.05, 4.69) is 6.92 Å². The summed E-state index contributed by atoms with van der Waals surface area (Å²) in [6.45, 7) is 4.86. The number of halogens is 1.